The summed E-state index contributed by atoms with van der Waals surface area (Å²) in [7, 11) is 0. The molecular weight excluding hydrogens is 358 g/mol. The minimum absolute atomic E-state index is 0.134. The number of H-pyrrole nitrogens is 1. The molecule has 0 fully saturated rings. The molecule has 0 saturated heterocycles. The molecule has 3 heterocycles. The lowest BCUT2D eigenvalue weighted by Gasteiger charge is -2.06. The number of aromatic amines is 1. The fourth-order valence-corrected chi connectivity index (χ4v) is 4.43. The van der Waals surface area contributed by atoms with Gasteiger partial charge in [0.1, 0.15) is 11.6 Å². The molecule has 2 N–H and O–H groups in total. The fourth-order valence-electron chi connectivity index (χ4n) is 3.27. The molecule has 0 atom stereocenters. The van der Waals surface area contributed by atoms with Crippen molar-refractivity contribution in [3.05, 3.63) is 56.0 Å². The van der Waals surface area contributed by atoms with E-state index in [4.69, 9.17) is 4.98 Å². The van der Waals surface area contributed by atoms with Gasteiger partial charge in [-0.2, -0.15) is 0 Å². The number of rotatable bonds is 6. The predicted octanol–water partition coefficient (Wildman–Crippen LogP) is 3.38. The van der Waals surface area contributed by atoms with Gasteiger partial charge in [-0.15, -0.1) is 11.3 Å². The number of hydrogen-bond acceptors (Lipinski definition) is 6. The summed E-state index contributed by atoms with van der Waals surface area (Å²) in [5, 5.41) is 4.56. The standard InChI is InChI=1S/C20H23N5OS/c1-2-14-11-18(26)25-20(23-14)13-7-8-17(22-12-13)21-10-9-19-24-15-5-3-4-6-16(15)27-19/h7-8,11-12H,2-6,9-10H2,1H3,(H,21,22)(H,23,25,26). The van der Waals surface area contributed by atoms with Gasteiger partial charge in [-0.1, -0.05) is 6.92 Å². The van der Waals surface area contributed by atoms with E-state index >= 15 is 0 Å². The monoisotopic (exact) mass is 381 g/mol. The van der Waals surface area contributed by atoms with Crippen LogP contribution in [0, 0.1) is 0 Å². The molecule has 1 aliphatic carbocycles. The van der Waals surface area contributed by atoms with Crippen LogP contribution in [0.1, 0.15) is 41.0 Å². The highest BCUT2D eigenvalue weighted by Gasteiger charge is 2.14. The molecule has 0 saturated carbocycles. The number of thiazole rings is 1. The highest BCUT2D eigenvalue weighted by atomic mass is 32.1. The average molecular weight is 382 g/mol. The number of hydrogen-bond donors (Lipinski definition) is 2. The number of nitrogens with zero attached hydrogens (tertiary/aromatic N) is 3. The first-order valence-corrected chi connectivity index (χ1v) is 10.3. The van der Waals surface area contributed by atoms with Crippen molar-refractivity contribution in [1.82, 2.24) is 19.9 Å². The Morgan fingerprint density at radius 2 is 2.11 bits per heavy atom. The van der Waals surface area contributed by atoms with Gasteiger partial charge in [0.2, 0.25) is 0 Å². The molecule has 0 radical (unpaired) electrons. The van der Waals surface area contributed by atoms with Crippen LogP contribution in [0.25, 0.3) is 11.4 Å². The number of aromatic nitrogens is 4. The SMILES string of the molecule is CCc1cc(=O)[nH]c(-c2ccc(NCCc3nc4c(s3)CCCC4)nc2)n1. The summed E-state index contributed by atoms with van der Waals surface area (Å²) in [5.41, 5.74) is 2.77. The predicted molar refractivity (Wildman–Crippen MR) is 108 cm³/mol. The van der Waals surface area contributed by atoms with E-state index in [1.807, 2.05) is 30.4 Å². The summed E-state index contributed by atoms with van der Waals surface area (Å²) in [6.45, 7) is 2.79. The quantitative estimate of drug-likeness (QED) is 0.684. The maximum absolute atomic E-state index is 11.7. The van der Waals surface area contributed by atoms with Gasteiger partial charge in [0, 0.05) is 41.4 Å². The van der Waals surface area contributed by atoms with E-state index in [1.165, 1.54) is 40.9 Å². The second-order valence-corrected chi connectivity index (χ2v) is 7.90. The van der Waals surface area contributed by atoms with Gasteiger partial charge in [0.15, 0.2) is 0 Å². The van der Waals surface area contributed by atoms with E-state index in [1.54, 1.807) is 6.20 Å². The Morgan fingerprint density at radius 1 is 1.22 bits per heavy atom. The molecule has 7 heteroatoms. The Labute approximate surface area is 162 Å². The second-order valence-electron chi connectivity index (χ2n) is 6.73. The normalized spacial score (nSPS) is 13.4. The van der Waals surface area contributed by atoms with E-state index in [2.05, 4.69) is 20.3 Å². The van der Waals surface area contributed by atoms with E-state index < -0.39 is 0 Å². The summed E-state index contributed by atoms with van der Waals surface area (Å²) in [5.74, 6) is 1.38. The van der Waals surface area contributed by atoms with Crippen molar-refractivity contribution in [2.45, 2.75) is 45.4 Å². The molecule has 0 aromatic carbocycles. The molecule has 0 amide bonds. The third kappa shape index (κ3) is 4.24. The molecule has 0 unspecified atom stereocenters. The van der Waals surface area contributed by atoms with E-state index in [0.717, 1.165) is 42.9 Å². The minimum Gasteiger partial charge on any atom is -0.370 e. The van der Waals surface area contributed by atoms with E-state index in [-0.39, 0.29) is 5.56 Å². The summed E-state index contributed by atoms with van der Waals surface area (Å²) < 4.78 is 0. The lowest BCUT2D eigenvalue weighted by Crippen LogP contribution is -2.10. The molecule has 1 aliphatic rings. The van der Waals surface area contributed by atoms with Gasteiger partial charge in [-0.25, -0.2) is 15.0 Å². The van der Waals surface area contributed by atoms with Crippen molar-refractivity contribution >= 4 is 17.2 Å². The van der Waals surface area contributed by atoms with Crippen molar-refractivity contribution in [2.24, 2.45) is 0 Å². The molecule has 0 spiro atoms. The van der Waals surface area contributed by atoms with Gasteiger partial charge < -0.3 is 10.3 Å². The Balaban J connectivity index is 1.37. The molecule has 6 nitrogen and oxygen atoms in total. The molecule has 4 rings (SSSR count). The number of nitrogens with one attached hydrogen (secondary N) is 2. The third-order valence-corrected chi connectivity index (χ3v) is 5.95. The maximum atomic E-state index is 11.7. The molecule has 0 aliphatic heterocycles. The second kappa shape index (κ2) is 8.00. The summed E-state index contributed by atoms with van der Waals surface area (Å²) in [6, 6.07) is 5.37. The zero-order valence-electron chi connectivity index (χ0n) is 15.4. The Kier molecular flexibility index (Phi) is 5.29. The van der Waals surface area contributed by atoms with Crippen LogP contribution in [0.4, 0.5) is 5.82 Å². The summed E-state index contributed by atoms with van der Waals surface area (Å²) >= 11 is 1.86. The van der Waals surface area contributed by atoms with Crippen molar-refractivity contribution in [1.29, 1.82) is 0 Å². The smallest absolute Gasteiger partial charge is 0.251 e. The Bertz CT molecular complexity index is 953. The molecule has 0 bridgehead atoms. The first kappa shape index (κ1) is 17.9. The average Bonchev–Trinajstić information content (AvgIpc) is 3.11. The van der Waals surface area contributed by atoms with Crippen molar-refractivity contribution in [3.8, 4) is 11.4 Å². The van der Waals surface area contributed by atoms with E-state index in [9.17, 15) is 4.79 Å². The van der Waals surface area contributed by atoms with Crippen LogP contribution in [0.15, 0.2) is 29.2 Å². The van der Waals surface area contributed by atoms with Crippen LogP contribution >= 0.6 is 11.3 Å². The van der Waals surface area contributed by atoms with Crippen LogP contribution in [0.2, 0.25) is 0 Å². The summed E-state index contributed by atoms with van der Waals surface area (Å²) in [4.78, 5) is 29.7. The molecule has 27 heavy (non-hydrogen) atoms. The largest absolute Gasteiger partial charge is 0.370 e. The van der Waals surface area contributed by atoms with Crippen LogP contribution < -0.4 is 10.9 Å². The Morgan fingerprint density at radius 3 is 2.89 bits per heavy atom. The van der Waals surface area contributed by atoms with Crippen molar-refractivity contribution < 1.29 is 0 Å². The van der Waals surface area contributed by atoms with Gasteiger partial charge in [-0.3, -0.25) is 4.79 Å². The third-order valence-electron chi connectivity index (χ3n) is 4.73. The molecule has 3 aromatic heterocycles. The molecule has 3 aromatic rings. The number of anilines is 1. The van der Waals surface area contributed by atoms with Gasteiger partial charge in [0.05, 0.1) is 10.7 Å². The summed E-state index contributed by atoms with van der Waals surface area (Å²) in [6.07, 6.45) is 8.27. The topological polar surface area (TPSA) is 83.6 Å². The lowest BCUT2D eigenvalue weighted by molar-refractivity contribution is 0.680. The van der Waals surface area contributed by atoms with Crippen LogP contribution in [-0.4, -0.2) is 26.5 Å². The Hall–Kier alpha value is -2.54. The lowest BCUT2D eigenvalue weighted by atomic mass is 10.0. The van der Waals surface area contributed by atoms with Crippen molar-refractivity contribution in [3.63, 3.8) is 0 Å². The number of pyridine rings is 1. The highest BCUT2D eigenvalue weighted by Crippen LogP contribution is 2.26. The van der Waals surface area contributed by atoms with Crippen molar-refractivity contribution in [2.75, 3.05) is 11.9 Å². The maximum Gasteiger partial charge on any atom is 0.251 e. The highest BCUT2D eigenvalue weighted by molar-refractivity contribution is 7.11. The van der Waals surface area contributed by atoms with Gasteiger partial charge in [-0.05, 0) is 44.2 Å². The number of aryl methyl sites for hydroxylation is 3. The fraction of sp³-hybridized carbons (Fsp3) is 0.400. The zero-order chi connectivity index (χ0) is 18.6. The van der Waals surface area contributed by atoms with Gasteiger partial charge in [0.25, 0.3) is 5.56 Å². The first-order valence-electron chi connectivity index (χ1n) is 9.49. The van der Waals surface area contributed by atoms with Crippen LogP contribution in [-0.2, 0) is 25.7 Å². The first-order chi connectivity index (χ1) is 13.2. The van der Waals surface area contributed by atoms with Crippen LogP contribution in [0.5, 0.6) is 0 Å². The molecule has 140 valence electrons. The van der Waals surface area contributed by atoms with E-state index in [0.29, 0.717) is 5.82 Å². The molecular formula is C20H23N5OS. The number of fused-ring (bicyclic) bond motifs is 1. The van der Waals surface area contributed by atoms with Gasteiger partial charge >= 0.3 is 0 Å². The zero-order valence-corrected chi connectivity index (χ0v) is 16.2. The van der Waals surface area contributed by atoms with Crippen LogP contribution in [0.3, 0.4) is 0 Å². The minimum atomic E-state index is -0.134.